The number of unbranched alkanes of at least 4 members (excludes halogenated alkanes) is 1. The molecular weight excluding hydrogens is 1810 g/mol. The van der Waals surface area contributed by atoms with Gasteiger partial charge >= 0.3 is 0 Å². The second-order valence-corrected chi connectivity index (χ2v) is 36.8. The standard InChI is InChI=1S/C92H126N22O21S2/c1-9-10-24-71-91(134)112(8)73(45-135-57-19-15-18-50(4)34-57)86(129)102-61(23-16-31-98-92(96)97)80(123)109-69(79(122)100-42-76(95)119)47-136-48-77(120)101-64(35-52-27-29-55(116)30-28-52)87(130)110(6)51(5)78(121)104-66(39-75(94)118)89(132)113-32-17-25-70(113)84(127)107-67(40-93)82(125)105-63(33-49(2)3)90(133)114-43-56(117)38-72(114)85(128)103-62(36-53-41-99-60-22-13-11-20-58(53)60)81(124)108-68(44-115)83(126)106-65(88(131)111(71)7)37-54-46-137-74-26-14-12-21-59(54)74/h11-15,18-22,26-30,34,41,46,49,51,56,61-73,99,115-117H,9-10,16-17,23-25,31-33,35-40,42-45,47-48,93H2,1-8H3,(H2,94,118)(H2,95,119)(H,100,122)(H,101,120)(H,102,129)(H,103,128)(H,104,121)(H,105,125)(H,106,126)(H,107,127)(H,108,124)(H,109,123)(H4,96,97,98)/t51-,56+,61-,62-,63-,64-,65-,66-,67-,68-,69-,70-,71-,72-,73-/m0/s1. The first kappa shape index (κ1) is 107. The van der Waals surface area contributed by atoms with E-state index in [-0.39, 0.29) is 94.7 Å². The van der Waals surface area contributed by atoms with Crippen LogP contribution in [0.4, 0.5) is 0 Å². The SMILES string of the molecule is CCCC[C@H]1C(=O)N(C)[C@@H](COc2cccc(C)c2)C(=O)N[C@@H](CCCNC(=N)N)C(=O)N[C@H](C(=O)NCC(N)=O)CSCC(=O)N[C@@H](Cc2ccc(O)cc2)C(=O)N(C)[C@@H](C)C(=O)N[C@@H](CC(N)=O)C(=O)N2CCC[C@H]2C(=O)N[C@@H](CN)C(=O)N[C@@H](CC(C)C)C(=O)N2C[C@H](O)C[C@H]2C(=O)N[C@@H](Cc2c[nH]c3ccccc23)C(=O)N[C@@H](CO)C(=O)N[C@@H](Cc2csc3ccccc23)C(=O)N1C. The Morgan fingerprint density at radius 3 is 1.88 bits per heavy atom. The Morgan fingerprint density at radius 2 is 1.20 bits per heavy atom. The van der Waals surface area contributed by atoms with Crippen molar-refractivity contribution in [1.82, 2.24) is 88.0 Å². The Balaban J connectivity index is 1.11. The highest BCUT2D eigenvalue weighted by molar-refractivity contribution is 8.00. The minimum atomic E-state index is -1.91. The molecule has 2 aromatic heterocycles. The Labute approximate surface area is 799 Å². The highest BCUT2D eigenvalue weighted by atomic mass is 32.2. The highest BCUT2D eigenvalue weighted by Gasteiger charge is 2.47. The van der Waals surface area contributed by atoms with Gasteiger partial charge < -0.3 is 131 Å². The van der Waals surface area contributed by atoms with E-state index in [0.717, 1.165) is 46.5 Å². The number of aromatic amines is 1. The number of likely N-dealkylation sites (N-methyl/N-ethyl adjacent to an activating group) is 3. The van der Waals surface area contributed by atoms with E-state index in [9.17, 15) is 58.5 Å². The number of aromatic hydroxyl groups is 1. The number of thioether (sulfide) groups is 1. The molecule has 4 aromatic carbocycles. The molecule has 3 saturated heterocycles. The number of carbonyl (C=O) groups is 17. The van der Waals surface area contributed by atoms with Gasteiger partial charge in [-0.3, -0.25) is 86.9 Å². The first-order valence-electron chi connectivity index (χ1n) is 45.3. The first-order valence-corrected chi connectivity index (χ1v) is 47.3. The van der Waals surface area contributed by atoms with Crippen LogP contribution in [0.1, 0.15) is 114 Å². The van der Waals surface area contributed by atoms with Crippen molar-refractivity contribution in [3.63, 3.8) is 0 Å². The number of aromatic nitrogens is 1. The van der Waals surface area contributed by atoms with E-state index in [0.29, 0.717) is 39.4 Å². The maximum Gasteiger partial charge on any atom is 0.246 e. The molecule has 0 bridgehead atoms. The molecule has 742 valence electrons. The molecule has 17 amide bonds. The molecule has 0 radical (unpaired) electrons. The van der Waals surface area contributed by atoms with Crippen LogP contribution in [-0.4, -0.2) is 320 Å². The predicted octanol–water partition coefficient (Wildman–Crippen LogP) is -3.01. The second-order valence-electron chi connectivity index (χ2n) is 34.8. The van der Waals surface area contributed by atoms with E-state index in [2.05, 4.69) is 63.5 Å². The van der Waals surface area contributed by atoms with Gasteiger partial charge in [-0.1, -0.05) is 94.3 Å². The summed E-state index contributed by atoms with van der Waals surface area (Å²) in [7, 11) is 3.79. The number of nitrogens with zero attached hydrogens (tertiary/aromatic N) is 5. The summed E-state index contributed by atoms with van der Waals surface area (Å²) in [5.41, 5.74) is 25.8. The van der Waals surface area contributed by atoms with Crippen molar-refractivity contribution in [3.05, 3.63) is 131 Å². The van der Waals surface area contributed by atoms with Crippen LogP contribution in [0.5, 0.6) is 11.5 Å². The maximum atomic E-state index is 15.9. The van der Waals surface area contributed by atoms with Crippen LogP contribution in [0.3, 0.4) is 0 Å². The fraction of sp³-hybridized carbons (Fsp3) is 0.500. The number of fused-ring (bicyclic) bond motifs is 4. The number of hydrogen-bond donors (Lipinski definition) is 20. The lowest BCUT2D eigenvalue weighted by molar-refractivity contribution is -0.150. The average Bonchev–Trinajstić information content (AvgIpc) is 1.80. The molecule has 3 aliphatic heterocycles. The molecule has 5 heterocycles. The number of H-pyrrole nitrogens is 1. The summed E-state index contributed by atoms with van der Waals surface area (Å²) < 4.78 is 7.07. The smallest absolute Gasteiger partial charge is 0.246 e. The zero-order valence-corrected chi connectivity index (χ0v) is 79.4. The second kappa shape index (κ2) is 50.9. The lowest BCUT2D eigenvalue weighted by Gasteiger charge is -2.36. The van der Waals surface area contributed by atoms with Crippen molar-refractivity contribution in [1.29, 1.82) is 5.41 Å². The number of thiophene rings is 1. The number of rotatable bonds is 25. The van der Waals surface area contributed by atoms with Crippen LogP contribution >= 0.6 is 23.1 Å². The quantitative estimate of drug-likeness (QED) is 0.0154. The molecule has 6 aromatic rings. The minimum absolute atomic E-state index is 0.0144. The molecule has 137 heavy (non-hydrogen) atoms. The number of aliphatic hydroxyl groups is 2. The number of hydrogen-bond acceptors (Lipinski definition) is 25. The molecule has 24 N–H and O–H groups in total. The number of benzene rings is 4. The zero-order valence-electron chi connectivity index (χ0n) is 77.7. The number of primary amides is 2. The molecule has 3 fully saturated rings. The van der Waals surface area contributed by atoms with Crippen LogP contribution in [-0.2, 0) is 101 Å². The number of ether oxygens (including phenoxy) is 1. The van der Waals surface area contributed by atoms with Gasteiger partial charge in [0.2, 0.25) is 100 Å². The van der Waals surface area contributed by atoms with Gasteiger partial charge in [0, 0.05) is 101 Å². The van der Waals surface area contributed by atoms with Crippen molar-refractivity contribution < 1.29 is 102 Å². The third kappa shape index (κ3) is 30.0. The molecular formula is C92H126N22O21S2. The number of aryl methyl sites for hydroxylation is 1. The van der Waals surface area contributed by atoms with Crippen LogP contribution in [0.25, 0.3) is 21.0 Å². The van der Waals surface area contributed by atoms with Crippen LogP contribution in [0.2, 0.25) is 0 Å². The molecule has 0 unspecified atom stereocenters. The van der Waals surface area contributed by atoms with E-state index >= 15 is 38.4 Å². The number of para-hydroxylation sites is 1. The Kier molecular flexibility index (Phi) is 39.8. The van der Waals surface area contributed by atoms with Crippen molar-refractivity contribution >= 4 is 150 Å². The summed E-state index contributed by atoms with van der Waals surface area (Å²) in [5, 5.41) is 72.5. The Morgan fingerprint density at radius 1 is 0.599 bits per heavy atom. The topological polar surface area (TPSA) is 652 Å². The number of nitrogens with two attached hydrogens (primary N) is 4. The monoisotopic (exact) mass is 1940 g/mol. The normalized spacial score (nSPS) is 24.5. The van der Waals surface area contributed by atoms with Gasteiger partial charge in [-0.05, 0) is 128 Å². The van der Waals surface area contributed by atoms with Gasteiger partial charge in [0.05, 0.1) is 31.4 Å². The number of phenols is 1. The maximum absolute atomic E-state index is 15.9. The summed E-state index contributed by atoms with van der Waals surface area (Å²) in [6.07, 6.45) is -1.44. The molecule has 0 spiro atoms. The number of amides is 17. The largest absolute Gasteiger partial charge is 0.508 e. The summed E-state index contributed by atoms with van der Waals surface area (Å²) >= 11 is 2.07. The molecule has 15 atom stereocenters. The molecule has 0 saturated carbocycles. The lowest BCUT2D eigenvalue weighted by Crippen LogP contribution is -2.62. The van der Waals surface area contributed by atoms with Crippen molar-refractivity contribution in [2.24, 2.45) is 28.9 Å². The van der Waals surface area contributed by atoms with E-state index in [1.165, 1.54) is 63.7 Å². The van der Waals surface area contributed by atoms with Gasteiger partial charge in [-0.25, -0.2) is 0 Å². The number of carbonyl (C=O) groups excluding carboxylic acids is 17. The Hall–Kier alpha value is -13.5. The number of nitrogens with one attached hydrogen (secondary N) is 13. The summed E-state index contributed by atoms with van der Waals surface area (Å²) in [6.45, 7) is 4.59. The molecule has 43 nitrogen and oxygen atoms in total. The lowest BCUT2D eigenvalue weighted by atomic mass is 10.0. The number of guanidine groups is 1. The van der Waals surface area contributed by atoms with E-state index in [1.54, 1.807) is 99.1 Å². The van der Waals surface area contributed by atoms with Crippen molar-refractivity contribution in [3.8, 4) is 11.5 Å². The number of phenolic OH excluding ortho intramolecular Hbond substituents is 1. The van der Waals surface area contributed by atoms with Gasteiger partial charge in [-0.15, -0.1) is 23.1 Å². The summed E-state index contributed by atoms with van der Waals surface area (Å²) in [4.78, 5) is 258. The number of aliphatic hydroxyl groups excluding tert-OH is 2. The molecule has 45 heteroatoms. The Bertz CT molecular complexity index is 5350. The van der Waals surface area contributed by atoms with Crippen LogP contribution in [0.15, 0.2) is 109 Å². The fourth-order valence-electron chi connectivity index (χ4n) is 16.4. The molecule has 9 rings (SSSR count). The first-order chi connectivity index (χ1) is 65.2. The molecule has 3 aliphatic rings. The van der Waals surface area contributed by atoms with E-state index < -0.39 is 254 Å². The van der Waals surface area contributed by atoms with Crippen LogP contribution < -0.4 is 86.2 Å². The zero-order chi connectivity index (χ0) is 100. The van der Waals surface area contributed by atoms with Gasteiger partial charge in [0.25, 0.3) is 0 Å². The summed E-state index contributed by atoms with van der Waals surface area (Å²) in [6, 6.07) is 3.86. The molecule has 0 aliphatic carbocycles. The fourth-order valence-corrected chi connectivity index (χ4v) is 18.3. The third-order valence-electron chi connectivity index (χ3n) is 24.0. The van der Waals surface area contributed by atoms with Gasteiger partial charge in [0.1, 0.15) is 103 Å². The average molecular weight is 1940 g/mol. The summed E-state index contributed by atoms with van der Waals surface area (Å²) in [5.74, 6) is -18.5. The van der Waals surface area contributed by atoms with E-state index in [1.807, 2.05) is 13.0 Å². The van der Waals surface area contributed by atoms with E-state index in [4.69, 9.17) is 33.1 Å². The van der Waals surface area contributed by atoms with Crippen LogP contribution in [0, 0.1) is 18.3 Å². The van der Waals surface area contributed by atoms with Crippen molar-refractivity contribution in [2.75, 3.05) is 78.6 Å². The predicted molar refractivity (Wildman–Crippen MR) is 507 cm³/mol. The van der Waals surface area contributed by atoms with Crippen molar-refractivity contribution in [2.45, 2.75) is 209 Å². The van der Waals surface area contributed by atoms with Gasteiger partial charge in [-0.2, -0.15) is 0 Å². The highest BCUT2D eigenvalue weighted by Crippen LogP contribution is 2.30. The van der Waals surface area contributed by atoms with Gasteiger partial charge in [0.15, 0.2) is 5.96 Å². The third-order valence-corrected chi connectivity index (χ3v) is 26.1. The minimum Gasteiger partial charge on any atom is -0.508 e.